The van der Waals surface area contributed by atoms with Gasteiger partial charge in [-0.1, -0.05) is 60.0 Å². The van der Waals surface area contributed by atoms with E-state index in [-0.39, 0.29) is 42.1 Å². The molecule has 0 unspecified atom stereocenters. The van der Waals surface area contributed by atoms with Crippen molar-refractivity contribution in [1.29, 1.82) is 0 Å². The second-order valence-corrected chi connectivity index (χ2v) is 12.9. The summed E-state index contributed by atoms with van der Waals surface area (Å²) in [6.07, 6.45) is 15.7. The third-order valence-electron chi connectivity index (χ3n) is 8.83. The van der Waals surface area contributed by atoms with Crippen molar-refractivity contribution in [3.63, 3.8) is 0 Å². The van der Waals surface area contributed by atoms with Gasteiger partial charge in [-0.2, -0.15) is 30.9 Å². The molecule has 1 aliphatic heterocycles. The molecule has 8 aromatic rings. The quantitative estimate of drug-likeness (QED) is 0.100. The normalized spacial score (nSPS) is 11.3. The van der Waals surface area contributed by atoms with E-state index in [1.54, 1.807) is 23.2 Å². The van der Waals surface area contributed by atoms with Crippen LogP contribution < -0.4 is 19.3 Å². The van der Waals surface area contributed by atoms with Crippen molar-refractivity contribution in [2.75, 3.05) is 16.8 Å². The third kappa shape index (κ3) is 10.9. The van der Waals surface area contributed by atoms with E-state index in [0.29, 0.717) is 23.0 Å². The average molecular weight is 1140 g/mol. The topological polar surface area (TPSA) is 46.0 Å². The first-order valence-corrected chi connectivity index (χ1v) is 18.4. The Bertz CT molecular complexity index is 2630. The summed E-state index contributed by atoms with van der Waals surface area (Å²) >= 11 is 0. The molecule has 6 aromatic carbocycles. The fraction of sp³-hybridized carbons (Fsp3) is 0.0196. The Hall–Kier alpha value is -6.57. The van der Waals surface area contributed by atoms with Gasteiger partial charge in [0.25, 0.3) is 0 Å². The molecule has 0 amide bonds. The van der Waals surface area contributed by atoms with Gasteiger partial charge in [0.05, 0.1) is 0 Å². The summed E-state index contributed by atoms with van der Waals surface area (Å²) in [6, 6.07) is 68.2. The Labute approximate surface area is 380 Å². The van der Waals surface area contributed by atoms with Crippen molar-refractivity contribution in [3.05, 3.63) is 226 Å². The van der Waals surface area contributed by atoms with Gasteiger partial charge < -0.3 is 40.1 Å². The largest absolute Gasteiger partial charge is 4.00 e. The SMILES string of the molecule is CN1C=CN(c2[c-]c(Oc3[c-]c(-c4cc(-c5[c-]c(Oc6[c-]ccc(N(c7ccccc7)c7ccccc7)c6)ccc5)[c-]cn4)ccc3)ccc2)[CH-]1.[C-]#Cn1cccc1.[Pt+4].[Pt]. The van der Waals surface area contributed by atoms with E-state index in [2.05, 4.69) is 70.5 Å². The Morgan fingerprint density at radius 1 is 0.617 bits per heavy atom. The van der Waals surface area contributed by atoms with Crippen LogP contribution in [-0.4, -0.2) is 21.5 Å². The van der Waals surface area contributed by atoms with Gasteiger partial charge in [-0.25, -0.2) is 24.2 Å². The number of benzene rings is 6. The number of hydrogen-bond acceptors (Lipinski definition) is 6. The van der Waals surface area contributed by atoms with Gasteiger partial charge in [-0.15, -0.1) is 71.9 Å². The van der Waals surface area contributed by atoms with Crippen LogP contribution in [0.2, 0.25) is 0 Å². The number of rotatable bonds is 10. The molecule has 0 saturated carbocycles. The smallest absolute Gasteiger partial charge is 0.669 e. The van der Waals surface area contributed by atoms with Crippen LogP contribution in [0, 0.1) is 49.5 Å². The van der Waals surface area contributed by atoms with Crippen LogP contribution in [0.25, 0.3) is 22.4 Å². The fourth-order valence-electron chi connectivity index (χ4n) is 6.13. The van der Waals surface area contributed by atoms with Gasteiger partial charge >= 0.3 is 21.1 Å². The molecular formula is C51H34N5O2Pt2-3. The van der Waals surface area contributed by atoms with Crippen molar-refractivity contribution < 1.29 is 51.6 Å². The van der Waals surface area contributed by atoms with E-state index in [0.717, 1.165) is 45.1 Å². The van der Waals surface area contributed by atoms with Gasteiger partial charge in [0.15, 0.2) is 0 Å². The zero-order valence-electron chi connectivity index (χ0n) is 32.1. The van der Waals surface area contributed by atoms with Crippen LogP contribution in [0.15, 0.2) is 183 Å². The van der Waals surface area contributed by atoms with Crippen molar-refractivity contribution in [1.82, 2.24) is 14.5 Å². The van der Waals surface area contributed by atoms with E-state index in [1.807, 2.05) is 163 Å². The molecule has 0 radical (unpaired) electrons. The molecule has 0 spiro atoms. The summed E-state index contributed by atoms with van der Waals surface area (Å²) in [5.74, 6) is 2.30. The zero-order chi connectivity index (χ0) is 39.5. The van der Waals surface area contributed by atoms with Crippen molar-refractivity contribution >= 4 is 22.7 Å². The molecule has 3 heterocycles. The second-order valence-electron chi connectivity index (χ2n) is 12.9. The molecule has 2 aromatic heterocycles. The Balaban J connectivity index is 0.000000611. The molecule has 9 rings (SSSR count). The number of nitrogens with zero attached hydrogens (tertiary/aromatic N) is 5. The summed E-state index contributed by atoms with van der Waals surface area (Å²) in [5, 5.41) is 0. The maximum atomic E-state index is 6.57. The van der Waals surface area contributed by atoms with E-state index in [4.69, 9.17) is 15.9 Å². The summed E-state index contributed by atoms with van der Waals surface area (Å²) in [6.45, 7) is 1.97. The molecule has 0 atom stereocenters. The molecule has 60 heavy (non-hydrogen) atoms. The minimum Gasteiger partial charge on any atom is -0.669 e. The van der Waals surface area contributed by atoms with Crippen LogP contribution in [0.1, 0.15) is 0 Å². The van der Waals surface area contributed by atoms with Gasteiger partial charge in [-0.3, -0.25) is 11.1 Å². The van der Waals surface area contributed by atoms with Crippen LogP contribution in [0.4, 0.5) is 22.7 Å². The third-order valence-corrected chi connectivity index (χ3v) is 8.83. The number of aromatic nitrogens is 2. The molecule has 7 nitrogen and oxygen atoms in total. The van der Waals surface area contributed by atoms with Gasteiger partial charge in [0, 0.05) is 67.8 Å². The molecule has 0 N–H and O–H groups in total. The number of para-hydroxylation sites is 2. The molecule has 0 bridgehead atoms. The first-order chi connectivity index (χ1) is 28.6. The minimum absolute atomic E-state index is 0. The summed E-state index contributed by atoms with van der Waals surface area (Å²) in [7, 11) is 1.98. The summed E-state index contributed by atoms with van der Waals surface area (Å²) in [4.78, 5) is 10.7. The van der Waals surface area contributed by atoms with E-state index >= 15 is 0 Å². The Morgan fingerprint density at radius 2 is 1.23 bits per heavy atom. The van der Waals surface area contributed by atoms with E-state index in [1.165, 1.54) is 0 Å². The monoisotopic (exact) mass is 1140 g/mol. The number of pyridine rings is 1. The number of anilines is 4. The van der Waals surface area contributed by atoms with Crippen molar-refractivity contribution in [3.8, 4) is 51.4 Å². The van der Waals surface area contributed by atoms with Crippen molar-refractivity contribution in [2.24, 2.45) is 0 Å². The van der Waals surface area contributed by atoms with E-state index < -0.39 is 0 Å². The minimum atomic E-state index is 0. The van der Waals surface area contributed by atoms with Crippen molar-refractivity contribution in [2.45, 2.75) is 0 Å². The molecule has 298 valence electrons. The fourth-order valence-corrected chi connectivity index (χ4v) is 6.13. The number of hydrogen-bond donors (Lipinski definition) is 0. The first kappa shape index (κ1) is 43.0. The first-order valence-electron chi connectivity index (χ1n) is 18.4. The molecule has 0 fully saturated rings. The zero-order valence-corrected chi connectivity index (χ0v) is 36.6. The van der Waals surface area contributed by atoms with Crippen LogP contribution >= 0.6 is 0 Å². The Kier molecular flexibility index (Phi) is 15.0. The average Bonchev–Trinajstić information content (AvgIpc) is 3.98. The molecule has 0 aliphatic carbocycles. The predicted octanol–water partition coefficient (Wildman–Crippen LogP) is 11.7. The number of ether oxygens (including phenoxy) is 2. The maximum absolute atomic E-state index is 6.57. The second kappa shape index (κ2) is 20.9. The summed E-state index contributed by atoms with van der Waals surface area (Å²) < 4.78 is 14.0. The molecule has 9 heteroatoms. The van der Waals surface area contributed by atoms with Gasteiger partial charge in [0.2, 0.25) is 0 Å². The maximum Gasteiger partial charge on any atom is 4.00 e. The van der Waals surface area contributed by atoms with Gasteiger partial charge in [-0.05, 0) is 55.8 Å². The van der Waals surface area contributed by atoms with Crippen LogP contribution in [0.3, 0.4) is 0 Å². The molecular weight excluding hydrogens is 1100 g/mol. The molecule has 0 saturated heterocycles. The predicted molar refractivity (Wildman–Crippen MR) is 228 cm³/mol. The molecule has 1 aliphatic rings. The van der Waals surface area contributed by atoms with E-state index in [9.17, 15) is 0 Å². The van der Waals surface area contributed by atoms with Crippen LogP contribution in [0.5, 0.6) is 23.0 Å². The Morgan fingerprint density at radius 3 is 1.87 bits per heavy atom. The summed E-state index contributed by atoms with van der Waals surface area (Å²) in [5.41, 5.74) is 7.08. The van der Waals surface area contributed by atoms with Gasteiger partial charge in [0.1, 0.15) is 0 Å². The van der Waals surface area contributed by atoms with Crippen LogP contribution in [-0.2, 0) is 42.1 Å². The standard InChI is InChI=1S/C45H30N4O2.C6H4N.2Pt/c1-47-26-27-48(33-47)39-18-10-22-43(31-39)51-42-21-9-13-36(29-42)45-30-35(24-25-46-45)34-12-8-20-41(28-34)50-44-23-11-19-40(32-44)49(37-14-4-2-5-15-37)38-16-6-3-7-17-38;1-2-7-5-3-4-6-7;;/h2-22,25-27,30,32-33H,1H3;3-6H;;/q-6;-1;;+4.